The first-order valence-electron chi connectivity index (χ1n) is 6.45. The number of carboxylic acid groups (broad SMARTS) is 1. The summed E-state index contributed by atoms with van der Waals surface area (Å²) in [6.45, 7) is 4.09. The first-order valence-corrected chi connectivity index (χ1v) is 6.45. The van der Waals surface area contributed by atoms with E-state index in [1.165, 1.54) is 12.1 Å². The number of carbonyl (C=O) groups is 1. The van der Waals surface area contributed by atoms with Crippen LogP contribution in [0.3, 0.4) is 0 Å². The summed E-state index contributed by atoms with van der Waals surface area (Å²) in [5.74, 6) is -1.22. The Morgan fingerprint density at radius 2 is 2.26 bits per heavy atom. The molecule has 104 valence electrons. The number of aromatic carboxylic acids is 1. The number of hydrogen-bond donors (Lipinski definition) is 2. The van der Waals surface area contributed by atoms with Gasteiger partial charge in [-0.2, -0.15) is 0 Å². The van der Waals surface area contributed by atoms with E-state index in [9.17, 15) is 9.18 Å². The van der Waals surface area contributed by atoms with Gasteiger partial charge in [0.05, 0.1) is 5.56 Å². The first kappa shape index (κ1) is 13.8. The molecule has 5 heteroatoms. The standard InChI is InChI=1S/C14H19FN2O2/c1-9-8-17(2)6-5-12(9)16-13-4-3-10(15)7-11(13)14(18)19/h3-4,7,9,12,16H,5-6,8H2,1-2H3,(H,18,19). The van der Waals surface area contributed by atoms with E-state index in [1.807, 2.05) is 0 Å². The molecule has 1 aromatic rings. The van der Waals surface area contributed by atoms with Crippen molar-refractivity contribution >= 4 is 11.7 Å². The Labute approximate surface area is 112 Å². The second kappa shape index (κ2) is 5.57. The molecule has 2 N–H and O–H groups in total. The van der Waals surface area contributed by atoms with Crippen LogP contribution in [0.2, 0.25) is 0 Å². The molecule has 0 aliphatic carbocycles. The number of likely N-dealkylation sites (tertiary alicyclic amines) is 1. The topological polar surface area (TPSA) is 52.6 Å². The van der Waals surface area contributed by atoms with Gasteiger partial charge < -0.3 is 15.3 Å². The lowest BCUT2D eigenvalue weighted by Crippen LogP contribution is -2.43. The van der Waals surface area contributed by atoms with Crippen LogP contribution >= 0.6 is 0 Å². The third-order valence-electron chi connectivity index (χ3n) is 3.66. The number of rotatable bonds is 3. The molecule has 1 saturated heterocycles. The number of carboxylic acids is 1. The van der Waals surface area contributed by atoms with Gasteiger partial charge >= 0.3 is 5.97 Å². The lowest BCUT2D eigenvalue weighted by Gasteiger charge is -2.36. The summed E-state index contributed by atoms with van der Waals surface area (Å²) in [6, 6.07) is 4.07. The molecule has 1 aliphatic heterocycles. The van der Waals surface area contributed by atoms with Crippen molar-refractivity contribution in [3.63, 3.8) is 0 Å². The van der Waals surface area contributed by atoms with Crippen LogP contribution in [0, 0.1) is 11.7 Å². The van der Waals surface area contributed by atoms with E-state index >= 15 is 0 Å². The molecule has 19 heavy (non-hydrogen) atoms. The van der Waals surface area contributed by atoms with E-state index in [0.29, 0.717) is 11.6 Å². The van der Waals surface area contributed by atoms with Crippen molar-refractivity contribution in [3.05, 3.63) is 29.6 Å². The van der Waals surface area contributed by atoms with Gasteiger partial charge in [0.1, 0.15) is 5.82 Å². The van der Waals surface area contributed by atoms with Crippen molar-refractivity contribution in [1.29, 1.82) is 0 Å². The number of benzene rings is 1. The molecule has 2 rings (SSSR count). The molecule has 4 nitrogen and oxygen atoms in total. The fourth-order valence-corrected chi connectivity index (χ4v) is 2.59. The van der Waals surface area contributed by atoms with Gasteiger partial charge in [0.2, 0.25) is 0 Å². The molecule has 0 aromatic heterocycles. The monoisotopic (exact) mass is 266 g/mol. The third kappa shape index (κ3) is 3.23. The number of anilines is 1. The highest BCUT2D eigenvalue weighted by Gasteiger charge is 2.25. The molecule has 2 unspecified atom stereocenters. The SMILES string of the molecule is CC1CN(C)CCC1Nc1ccc(F)cc1C(=O)O. The van der Waals surface area contributed by atoms with Crippen LogP contribution in [0.25, 0.3) is 0 Å². The van der Waals surface area contributed by atoms with E-state index in [-0.39, 0.29) is 11.6 Å². The second-order valence-corrected chi connectivity index (χ2v) is 5.27. The molecule has 0 bridgehead atoms. The Morgan fingerprint density at radius 3 is 2.89 bits per heavy atom. The van der Waals surface area contributed by atoms with Crippen molar-refractivity contribution in [2.75, 3.05) is 25.5 Å². The minimum Gasteiger partial charge on any atom is -0.478 e. The number of hydrogen-bond acceptors (Lipinski definition) is 3. The smallest absolute Gasteiger partial charge is 0.337 e. The fraction of sp³-hybridized carbons (Fsp3) is 0.500. The quantitative estimate of drug-likeness (QED) is 0.881. The summed E-state index contributed by atoms with van der Waals surface area (Å²) in [6.07, 6.45) is 0.952. The third-order valence-corrected chi connectivity index (χ3v) is 3.66. The van der Waals surface area contributed by atoms with Gasteiger partial charge in [-0.25, -0.2) is 9.18 Å². The summed E-state index contributed by atoms with van der Waals surface area (Å²) in [5.41, 5.74) is 0.487. The van der Waals surface area contributed by atoms with Crippen molar-refractivity contribution in [2.24, 2.45) is 5.92 Å². The van der Waals surface area contributed by atoms with E-state index < -0.39 is 11.8 Å². The average molecular weight is 266 g/mol. The van der Waals surface area contributed by atoms with E-state index in [0.717, 1.165) is 25.6 Å². The maximum Gasteiger partial charge on any atom is 0.337 e. The van der Waals surface area contributed by atoms with Crippen LogP contribution in [-0.4, -0.2) is 42.2 Å². The Kier molecular flexibility index (Phi) is 4.04. The zero-order chi connectivity index (χ0) is 14.0. The Morgan fingerprint density at radius 1 is 1.53 bits per heavy atom. The van der Waals surface area contributed by atoms with E-state index in [2.05, 4.69) is 24.2 Å². The molecule has 2 atom stereocenters. The molecular weight excluding hydrogens is 247 g/mol. The van der Waals surface area contributed by atoms with Gasteiger partial charge in [-0.1, -0.05) is 6.92 Å². The van der Waals surface area contributed by atoms with Crippen molar-refractivity contribution in [3.8, 4) is 0 Å². The number of halogens is 1. The zero-order valence-electron chi connectivity index (χ0n) is 11.2. The van der Waals surface area contributed by atoms with Crippen LogP contribution in [0.1, 0.15) is 23.7 Å². The van der Waals surface area contributed by atoms with Gasteiger partial charge in [-0.15, -0.1) is 0 Å². The van der Waals surface area contributed by atoms with Gasteiger partial charge in [-0.05, 0) is 44.1 Å². The largest absolute Gasteiger partial charge is 0.478 e. The number of nitrogens with zero attached hydrogens (tertiary/aromatic N) is 1. The summed E-state index contributed by atoms with van der Waals surface area (Å²) >= 11 is 0. The van der Waals surface area contributed by atoms with Crippen LogP contribution in [0.15, 0.2) is 18.2 Å². The fourth-order valence-electron chi connectivity index (χ4n) is 2.59. The van der Waals surface area contributed by atoms with Crippen LogP contribution in [0.5, 0.6) is 0 Å². The Balaban J connectivity index is 2.17. The zero-order valence-corrected chi connectivity index (χ0v) is 11.2. The maximum absolute atomic E-state index is 13.1. The van der Waals surface area contributed by atoms with Gasteiger partial charge in [0.15, 0.2) is 0 Å². The Hall–Kier alpha value is -1.62. The highest BCUT2D eigenvalue weighted by molar-refractivity contribution is 5.94. The first-order chi connectivity index (χ1) is 8.97. The highest BCUT2D eigenvalue weighted by Crippen LogP contribution is 2.23. The predicted octanol–water partition coefficient (Wildman–Crippen LogP) is 2.28. The summed E-state index contributed by atoms with van der Waals surface area (Å²) in [4.78, 5) is 13.4. The second-order valence-electron chi connectivity index (χ2n) is 5.27. The Bertz CT molecular complexity index is 479. The van der Waals surface area contributed by atoms with Gasteiger partial charge in [0, 0.05) is 18.3 Å². The summed E-state index contributed by atoms with van der Waals surface area (Å²) in [5, 5.41) is 12.4. The number of nitrogens with one attached hydrogen (secondary N) is 1. The lowest BCUT2D eigenvalue weighted by atomic mass is 9.93. The van der Waals surface area contributed by atoms with E-state index in [4.69, 9.17) is 5.11 Å². The van der Waals surface area contributed by atoms with Crippen LogP contribution < -0.4 is 5.32 Å². The molecular formula is C14H19FN2O2. The van der Waals surface area contributed by atoms with Gasteiger partial charge in [-0.3, -0.25) is 0 Å². The molecule has 0 radical (unpaired) electrons. The molecule has 1 aromatic carbocycles. The van der Waals surface area contributed by atoms with Crippen molar-refractivity contribution < 1.29 is 14.3 Å². The normalized spacial score (nSPS) is 24.2. The molecule has 1 aliphatic rings. The van der Waals surface area contributed by atoms with Crippen LogP contribution in [-0.2, 0) is 0 Å². The van der Waals surface area contributed by atoms with Crippen molar-refractivity contribution in [2.45, 2.75) is 19.4 Å². The lowest BCUT2D eigenvalue weighted by molar-refractivity contribution is 0.0697. The van der Waals surface area contributed by atoms with Crippen molar-refractivity contribution in [1.82, 2.24) is 4.90 Å². The molecule has 1 heterocycles. The average Bonchev–Trinajstić information content (AvgIpc) is 2.34. The minimum atomic E-state index is -1.11. The minimum absolute atomic E-state index is 0.00821. The summed E-state index contributed by atoms with van der Waals surface area (Å²) < 4.78 is 13.1. The van der Waals surface area contributed by atoms with E-state index in [1.54, 1.807) is 0 Å². The molecule has 0 spiro atoms. The van der Waals surface area contributed by atoms with Gasteiger partial charge in [0.25, 0.3) is 0 Å². The molecule has 0 saturated carbocycles. The maximum atomic E-state index is 13.1. The summed E-state index contributed by atoms with van der Waals surface area (Å²) in [7, 11) is 2.08. The molecule has 0 amide bonds. The van der Waals surface area contributed by atoms with Crippen LogP contribution in [0.4, 0.5) is 10.1 Å². The highest BCUT2D eigenvalue weighted by atomic mass is 19.1. The predicted molar refractivity (Wildman–Crippen MR) is 72.0 cm³/mol. The number of piperidine rings is 1. The molecule has 1 fully saturated rings.